The quantitative estimate of drug-likeness (QED) is 0.306. The molecule has 8 heteroatoms. The van der Waals surface area contributed by atoms with Crippen molar-refractivity contribution in [3.63, 3.8) is 0 Å². The third kappa shape index (κ3) is 8.42. The van der Waals surface area contributed by atoms with Crippen LogP contribution in [-0.2, 0) is 11.3 Å². The molecule has 2 fully saturated rings. The van der Waals surface area contributed by atoms with Crippen LogP contribution in [0, 0.1) is 0 Å². The van der Waals surface area contributed by atoms with Gasteiger partial charge in [-0.25, -0.2) is 4.99 Å². The van der Waals surface area contributed by atoms with Gasteiger partial charge < -0.3 is 25.2 Å². The highest BCUT2D eigenvalue weighted by Crippen LogP contribution is 2.25. The van der Waals surface area contributed by atoms with Crippen molar-refractivity contribution in [3.8, 4) is 5.75 Å². The summed E-state index contributed by atoms with van der Waals surface area (Å²) >= 11 is 0. The number of halogens is 1. The summed E-state index contributed by atoms with van der Waals surface area (Å²) in [5.41, 5.74) is 1.10. The molecule has 1 saturated heterocycles. The van der Waals surface area contributed by atoms with Gasteiger partial charge in [-0.15, -0.1) is 24.0 Å². The normalized spacial score (nSPS) is 18.5. The van der Waals surface area contributed by atoms with Gasteiger partial charge in [0.2, 0.25) is 5.91 Å². The Balaban J connectivity index is 0.00000363. The number of hydrogen-bond acceptors (Lipinski definition) is 4. The van der Waals surface area contributed by atoms with Crippen LogP contribution in [0.4, 0.5) is 0 Å². The zero-order chi connectivity index (χ0) is 22.1. The summed E-state index contributed by atoms with van der Waals surface area (Å²) in [7, 11) is 5.21. The van der Waals surface area contributed by atoms with Crippen LogP contribution in [-0.4, -0.2) is 74.6 Å². The van der Waals surface area contributed by atoms with Crippen LogP contribution in [0.5, 0.6) is 5.75 Å². The van der Waals surface area contributed by atoms with Crippen molar-refractivity contribution in [2.24, 2.45) is 4.99 Å². The second-order valence-electron chi connectivity index (χ2n) is 8.90. The minimum absolute atomic E-state index is 0. The van der Waals surface area contributed by atoms with Crippen molar-refractivity contribution in [2.75, 3.05) is 40.8 Å². The fourth-order valence-corrected chi connectivity index (χ4v) is 4.42. The molecule has 3 rings (SSSR count). The highest BCUT2D eigenvalue weighted by molar-refractivity contribution is 14.0. The van der Waals surface area contributed by atoms with E-state index in [9.17, 15) is 4.79 Å². The van der Waals surface area contributed by atoms with E-state index in [1.807, 2.05) is 24.3 Å². The lowest BCUT2D eigenvalue weighted by Gasteiger charge is -2.39. The van der Waals surface area contributed by atoms with Crippen molar-refractivity contribution in [3.05, 3.63) is 29.8 Å². The Kier molecular flexibility index (Phi) is 11.6. The summed E-state index contributed by atoms with van der Waals surface area (Å²) in [6.07, 6.45) is 9.12. The summed E-state index contributed by atoms with van der Waals surface area (Å²) in [5, 5.41) is 6.81. The highest BCUT2D eigenvalue weighted by Gasteiger charge is 2.26. The summed E-state index contributed by atoms with van der Waals surface area (Å²) in [4.78, 5) is 21.1. The molecule has 0 unspecified atom stereocenters. The number of methoxy groups -OCH3 is 1. The molecule has 7 nitrogen and oxygen atoms in total. The third-order valence-electron chi connectivity index (χ3n) is 6.45. The summed E-state index contributed by atoms with van der Waals surface area (Å²) in [6, 6.07) is 9.11. The van der Waals surface area contributed by atoms with E-state index in [-0.39, 0.29) is 36.4 Å². The number of rotatable bonds is 7. The van der Waals surface area contributed by atoms with Crippen LogP contribution in [0.2, 0.25) is 0 Å². The lowest BCUT2D eigenvalue weighted by molar-refractivity contribution is -0.127. The topological polar surface area (TPSA) is 69.2 Å². The first-order chi connectivity index (χ1) is 15.0. The molecule has 1 heterocycles. The number of guanidine groups is 1. The fourth-order valence-electron chi connectivity index (χ4n) is 4.42. The second kappa shape index (κ2) is 13.9. The van der Waals surface area contributed by atoms with Gasteiger partial charge in [-0.2, -0.15) is 0 Å². The molecule has 1 aliphatic heterocycles. The van der Waals surface area contributed by atoms with E-state index in [2.05, 4.69) is 15.5 Å². The smallest absolute Gasteiger partial charge is 0.241 e. The van der Waals surface area contributed by atoms with E-state index in [4.69, 9.17) is 9.73 Å². The van der Waals surface area contributed by atoms with Crippen LogP contribution < -0.4 is 15.4 Å². The largest absolute Gasteiger partial charge is 0.497 e. The Bertz CT molecular complexity index is 712. The Labute approximate surface area is 210 Å². The molecule has 1 aromatic rings. The standard InChI is InChI=1S/C24H39N5O2.HI/c1-28(2)23(30)18-26-24(25-17-19-9-11-22(31-3)12-10-19)27-20-13-15-29(16-14-20)21-7-5-4-6-8-21;/h9-12,20-21H,4-8,13-18H2,1-3H3,(H2,25,26,27);1H. The summed E-state index contributed by atoms with van der Waals surface area (Å²) in [5.74, 6) is 1.58. The Hall–Kier alpha value is -1.55. The molecule has 1 amide bonds. The van der Waals surface area contributed by atoms with E-state index in [1.54, 1.807) is 26.1 Å². The van der Waals surface area contributed by atoms with Gasteiger partial charge in [0, 0.05) is 39.3 Å². The number of carbonyl (C=O) groups excluding carboxylic acids is 1. The van der Waals surface area contributed by atoms with Crippen LogP contribution in [0.3, 0.4) is 0 Å². The SMILES string of the molecule is COc1ccc(CN=C(NCC(=O)N(C)C)NC2CCN(C3CCCCC3)CC2)cc1.I. The lowest BCUT2D eigenvalue weighted by atomic mass is 9.92. The number of likely N-dealkylation sites (N-methyl/N-ethyl adjacent to an activating group) is 1. The van der Waals surface area contributed by atoms with Crippen molar-refractivity contribution >= 4 is 35.8 Å². The number of likely N-dealkylation sites (tertiary alicyclic amines) is 1. The van der Waals surface area contributed by atoms with E-state index in [0.717, 1.165) is 43.3 Å². The number of nitrogens with zero attached hydrogens (tertiary/aromatic N) is 3. The van der Waals surface area contributed by atoms with Crippen molar-refractivity contribution < 1.29 is 9.53 Å². The summed E-state index contributed by atoms with van der Waals surface area (Å²) in [6.45, 7) is 3.08. The number of piperidine rings is 1. The molecule has 180 valence electrons. The monoisotopic (exact) mass is 557 g/mol. The van der Waals surface area contributed by atoms with Crippen molar-refractivity contribution in [1.29, 1.82) is 0 Å². The molecular weight excluding hydrogens is 517 g/mol. The third-order valence-corrected chi connectivity index (χ3v) is 6.45. The number of aliphatic imine (C=N–C) groups is 1. The van der Waals surface area contributed by atoms with Crippen molar-refractivity contribution in [2.45, 2.75) is 63.6 Å². The predicted molar refractivity (Wildman–Crippen MR) is 141 cm³/mol. The zero-order valence-corrected chi connectivity index (χ0v) is 22.1. The van der Waals surface area contributed by atoms with E-state index >= 15 is 0 Å². The van der Waals surface area contributed by atoms with Gasteiger partial charge in [-0.1, -0.05) is 31.4 Å². The average molecular weight is 558 g/mol. The first kappa shape index (κ1) is 26.7. The average Bonchev–Trinajstić information content (AvgIpc) is 2.81. The van der Waals surface area contributed by atoms with Gasteiger partial charge in [-0.3, -0.25) is 4.79 Å². The number of nitrogens with one attached hydrogen (secondary N) is 2. The van der Waals surface area contributed by atoms with Crippen LogP contribution in [0.1, 0.15) is 50.5 Å². The lowest BCUT2D eigenvalue weighted by Crippen LogP contribution is -2.52. The molecule has 1 aliphatic carbocycles. The minimum Gasteiger partial charge on any atom is -0.497 e. The predicted octanol–water partition coefficient (Wildman–Crippen LogP) is 3.23. The molecular formula is C24H40IN5O2. The summed E-state index contributed by atoms with van der Waals surface area (Å²) < 4.78 is 5.23. The molecule has 2 aliphatic rings. The van der Waals surface area contributed by atoms with Crippen LogP contribution in [0.25, 0.3) is 0 Å². The second-order valence-corrected chi connectivity index (χ2v) is 8.90. The number of carbonyl (C=O) groups is 1. The number of amides is 1. The maximum absolute atomic E-state index is 12.1. The van der Waals surface area contributed by atoms with Crippen molar-refractivity contribution in [1.82, 2.24) is 20.4 Å². The Morgan fingerprint density at radius 2 is 1.75 bits per heavy atom. The molecule has 1 aromatic carbocycles. The molecule has 32 heavy (non-hydrogen) atoms. The molecule has 0 bridgehead atoms. The number of hydrogen-bond donors (Lipinski definition) is 2. The minimum atomic E-state index is 0. The van der Waals surface area contributed by atoms with Gasteiger partial charge >= 0.3 is 0 Å². The fraction of sp³-hybridized carbons (Fsp3) is 0.667. The highest BCUT2D eigenvalue weighted by atomic mass is 127. The first-order valence-electron chi connectivity index (χ1n) is 11.7. The Morgan fingerprint density at radius 1 is 1.09 bits per heavy atom. The zero-order valence-electron chi connectivity index (χ0n) is 19.8. The number of ether oxygens (including phenoxy) is 1. The van der Waals surface area contributed by atoms with Crippen LogP contribution >= 0.6 is 24.0 Å². The molecule has 0 spiro atoms. The van der Waals surface area contributed by atoms with E-state index < -0.39 is 0 Å². The molecule has 0 aromatic heterocycles. The maximum atomic E-state index is 12.1. The van der Waals surface area contributed by atoms with Crippen LogP contribution in [0.15, 0.2) is 29.3 Å². The maximum Gasteiger partial charge on any atom is 0.241 e. The van der Waals surface area contributed by atoms with Gasteiger partial charge in [0.05, 0.1) is 20.2 Å². The molecule has 2 N–H and O–H groups in total. The molecule has 1 saturated carbocycles. The van der Waals surface area contributed by atoms with E-state index in [1.165, 1.54) is 32.1 Å². The molecule has 0 radical (unpaired) electrons. The van der Waals surface area contributed by atoms with Gasteiger partial charge in [0.15, 0.2) is 5.96 Å². The number of benzene rings is 1. The van der Waals surface area contributed by atoms with Gasteiger partial charge in [0.25, 0.3) is 0 Å². The van der Waals surface area contributed by atoms with Gasteiger partial charge in [-0.05, 0) is 43.4 Å². The van der Waals surface area contributed by atoms with Gasteiger partial charge in [0.1, 0.15) is 5.75 Å². The first-order valence-corrected chi connectivity index (χ1v) is 11.7. The Morgan fingerprint density at radius 3 is 2.34 bits per heavy atom. The molecule has 0 atom stereocenters. The van der Waals surface area contributed by atoms with E-state index in [0.29, 0.717) is 18.5 Å².